The lowest BCUT2D eigenvalue weighted by Crippen LogP contribution is -2.28. The zero-order chi connectivity index (χ0) is 12.2. The van der Waals surface area contributed by atoms with E-state index in [0.29, 0.717) is 0 Å². The van der Waals surface area contributed by atoms with Gasteiger partial charge in [0.1, 0.15) is 11.4 Å². The van der Waals surface area contributed by atoms with Gasteiger partial charge in [-0.2, -0.15) is 0 Å². The molecular formula is C11H20BrN3O. The van der Waals surface area contributed by atoms with Crippen molar-refractivity contribution >= 4 is 15.9 Å². The maximum Gasteiger partial charge on any atom is 0.165 e. The lowest BCUT2D eigenvalue weighted by Gasteiger charge is -2.26. The molecule has 0 spiro atoms. The molecule has 0 saturated carbocycles. The summed E-state index contributed by atoms with van der Waals surface area (Å²) >= 11 is 3.44. The summed E-state index contributed by atoms with van der Waals surface area (Å²) in [5, 5.41) is 9.20. The van der Waals surface area contributed by atoms with Gasteiger partial charge < -0.3 is 9.30 Å². The molecule has 0 aliphatic heterocycles. The highest BCUT2D eigenvalue weighted by Crippen LogP contribution is 2.27. The number of rotatable bonds is 6. The third-order valence-corrected chi connectivity index (χ3v) is 3.49. The number of hydrogen-bond acceptors (Lipinski definition) is 3. The molecule has 0 aromatic carbocycles. The number of ether oxygens (including phenoxy) is 1. The fraction of sp³-hybridized carbons (Fsp3) is 0.818. The van der Waals surface area contributed by atoms with Crippen LogP contribution in [-0.2, 0) is 22.2 Å². The first kappa shape index (κ1) is 13.6. The molecule has 1 atom stereocenters. The molecular weight excluding hydrogens is 270 g/mol. The van der Waals surface area contributed by atoms with Crippen LogP contribution in [0.15, 0.2) is 0 Å². The molecule has 0 amide bonds. The summed E-state index contributed by atoms with van der Waals surface area (Å²) in [5.41, 5.74) is -0.345. The van der Waals surface area contributed by atoms with E-state index >= 15 is 0 Å². The first-order chi connectivity index (χ1) is 7.62. The normalized spacial score (nSPS) is 15.1. The van der Waals surface area contributed by atoms with Crippen LogP contribution in [0.5, 0.6) is 0 Å². The lowest BCUT2D eigenvalue weighted by molar-refractivity contribution is -0.0122. The summed E-state index contributed by atoms with van der Waals surface area (Å²) < 4.78 is 7.73. The highest BCUT2D eigenvalue weighted by molar-refractivity contribution is 9.08. The van der Waals surface area contributed by atoms with E-state index in [2.05, 4.69) is 51.5 Å². The van der Waals surface area contributed by atoms with Crippen molar-refractivity contribution in [3.05, 3.63) is 11.6 Å². The summed E-state index contributed by atoms with van der Waals surface area (Å²) in [6.07, 6.45) is 1.95. The summed E-state index contributed by atoms with van der Waals surface area (Å²) in [6, 6.07) is 0. The average Bonchev–Trinajstić information content (AvgIpc) is 2.72. The number of hydrogen-bond donors (Lipinski definition) is 0. The number of halogens is 1. The Morgan fingerprint density at radius 1 is 1.38 bits per heavy atom. The Morgan fingerprint density at radius 3 is 2.50 bits per heavy atom. The van der Waals surface area contributed by atoms with Crippen molar-refractivity contribution < 1.29 is 4.74 Å². The molecule has 0 N–H and O–H groups in total. The molecule has 5 heteroatoms. The number of alkyl halides is 1. The third-order valence-electron chi connectivity index (χ3n) is 2.99. The summed E-state index contributed by atoms with van der Waals surface area (Å²) in [4.78, 5) is 0. The van der Waals surface area contributed by atoms with Gasteiger partial charge in [0.05, 0.1) is 5.33 Å². The first-order valence-electron chi connectivity index (χ1n) is 5.66. The van der Waals surface area contributed by atoms with E-state index in [0.717, 1.165) is 36.4 Å². The molecule has 4 nitrogen and oxygen atoms in total. The molecule has 1 aromatic heterocycles. The predicted octanol–water partition coefficient (Wildman–Crippen LogP) is 2.85. The summed E-state index contributed by atoms with van der Waals surface area (Å²) in [5.74, 6) is 1.89. The van der Waals surface area contributed by atoms with Crippen molar-refractivity contribution in [2.24, 2.45) is 0 Å². The highest BCUT2D eigenvalue weighted by Gasteiger charge is 2.31. The van der Waals surface area contributed by atoms with Crippen LogP contribution in [0.3, 0.4) is 0 Å². The first-order valence-corrected chi connectivity index (χ1v) is 6.78. The Labute approximate surface area is 106 Å². The van der Waals surface area contributed by atoms with Crippen molar-refractivity contribution in [1.82, 2.24) is 14.8 Å². The molecule has 92 valence electrons. The molecule has 1 aromatic rings. The van der Waals surface area contributed by atoms with Crippen LogP contribution in [0.2, 0.25) is 0 Å². The van der Waals surface area contributed by atoms with E-state index < -0.39 is 0 Å². The smallest absolute Gasteiger partial charge is 0.165 e. The number of methoxy groups -OCH3 is 1. The topological polar surface area (TPSA) is 39.9 Å². The largest absolute Gasteiger partial charge is 0.371 e. The zero-order valence-corrected chi connectivity index (χ0v) is 12.0. The van der Waals surface area contributed by atoms with Crippen LogP contribution < -0.4 is 0 Å². The Balaban J connectivity index is 3.16. The molecule has 0 aliphatic carbocycles. The van der Waals surface area contributed by atoms with Crippen molar-refractivity contribution in [2.45, 2.75) is 51.1 Å². The van der Waals surface area contributed by atoms with E-state index in [4.69, 9.17) is 4.74 Å². The summed E-state index contributed by atoms with van der Waals surface area (Å²) in [6.45, 7) is 7.24. The summed E-state index contributed by atoms with van der Waals surface area (Å²) in [7, 11) is 1.72. The van der Waals surface area contributed by atoms with Crippen molar-refractivity contribution in [3.63, 3.8) is 0 Å². The molecule has 0 aliphatic rings. The van der Waals surface area contributed by atoms with Crippen LogP contribution in [0.25, 0.3) is 0 Å². The van der Waals surface area contributed by atoms with Gasteiger partial charge >= 0.3 is 0 Å². The quantitative estimate of drug-likeness (QED) is 0.756. The minimum absolute atomic E-state index is 0.345. The van der Waals surface area contributed by atoms with Gasteiger partial charge in [0.15, 0.2) is 5.82 Å². The van der Waals surface area contributed by atoms with E-state index in [1.54, 1.807) is 7.11 Å². The van der Waals surface area contributed by atoms with E-state index in [-0.39, 0.29) is 5.60 Å². The van der Waals surface area contributed by atoms with Crippen molar-refractivity contribution in [1.29, 1.82) is 0 Å². The number of aromatic nitrogens is 3. The second kappa shape index (κ2) is 5.77. The van der Waals surface area contributed by atoms with E-state index in [1.165, 1.54) is 0 Å². The third kappa shape index (κ3) is 2.46. The van der Waals surface area contributed by atoms with Crippen LogP contribution in [-0.4, -0.2) is 21.9 Å². The SMILES string of the molecule is CCCn1c(CBr)nnc1C(C)(CC)OC. The fourth-order valence-electron chi connectivity index (χ4n) is 1.68. The Hall–Kier alpha value is -0.420. The van der Waals surface area contributed by atoms with Crippen molar-refractivity contribution in [2.75, 3.05) is 7.11 Å². The van der Waals surface area contributed by atoms with Gasteiger partial charge in [-0.1, -0.05) is 29.8 Å². The standard InChI is InChI=1S/C11H20BrN3O/c1-5-7-15-9(8-12)13-14-10(15)11(3,6-2)16-4/h5-8H2,1-4H3. The van der Waals surface area contributed by atoms with Crippen LogP contribution >= 0.6 is 15.9 Å². The number of nitrogens with zero attached hydrogens (tertiary/aromatic N) is 3. The second-order valence-electron chi connectivity index (χ2n) is 4.01. The van der Waals surface area contributed by atoms with Gasteiger partial charge in [-0.3, -0.25) is 0 Å². The molecule has 0 fully saturated rings. The van der Waals surface area contributed by atoms with Crippen LogP contribution in [0.1, 0.15) is 45.3 Å². The zero-order valence-electron chi connectivity index (χ0n) is 10.5. The van der Waals surface area contributed by atoms with Gasteiger partial charge in [0, 0.05) is 13.7 Å². The van der Waals surface area contributed by atoms with Gasteiger partial charge in [0.25, 0.3) is 0 Å². The molecule has 0 bridgehead atoms. The molecule has 1 heterocycles. The predicted molar refractivity (Wildman–Crippen MR) is 67.6 cm³/mol. The molecule has 1 rings (SSSR count). The second-order valence-corrected chi connectivity index (χ2v) is 4.57. The molecule has 0 saturated heterocycles. The van der Waals surface area contributed by atoms with Crippen LogP contribution in [0.4, 0.5) is 0 Å². The molecule has 16 heavy (non-hydrogen) atoms. The Bertz CT molecular complexity index is 334. The molecule has 1 unspecified atom stereocenters. The van der Waals surface area contributed by atoms with E-state index in [1.807, 2.05) is 0 Å². The lowest BCUT2D eigenvalue weighted by atomic mass is 10.0. The van der Waals surface area contributed by atoms with Gasteiger partial charge in [-0.15, -0.1) is 10.2 Å². The maximum absolute atomic E-state index is 5.58. The Kier molecular flexibility index (Phi) is 4.92. The monoisotopic (exact) mass is 289 g/mol. The van der Waals surface area contributed by atoms with Crippen molar-refractivity contribution in [3.8, 4) is 0 Å². The minimum Gasteiger partial charge on any atom is -0.371 e. The minimum atomic E-state index is -0.345. The maximum atomic E-state index is 5.58. The fourth-order valence-corrected chi connectivity index (χ4v) is 2.09. The highest BCUT2D eigenvalue weighted by atomic mass is 79.9. The van der Waals surface area contributed by atoms with Crippen LogP contribution in [0, 0.1) is 0 Å². The molecule has 0 radical (unpaired) electrons. The average molecular weight is 290 g/mol. The van der Waals surface area contributed by atoms with Gasteiger partial charge in [-0.25, -0.2) is 0 Å². The van der Waals surface area contributed by atoms with Gasteiger partial charge in [-0.05, 0) is 19.8 Å². The van der Waals surface area contributed by atoms with E-state index in [9.17, 15) is 0 Å². The van der Waals surface area contributed by atoms with Gasteiger partial charge in [0.2, 0.25) is 0 Å². The Morgan fingerprint density at radius 2 is 2.06 bits per heavy atom.